The van der Waals surface area contributed by atoms with Crippen LogP contribution < -0.4 is 5.32 Å². The normalized spacial score (nSPS) is 18.4. The Labute approximate surface area is 167 Å². The van der Waals surface area contributed by atoms with Crippen LogP contribution in [-0.4, -0.2) is 22.7 Å². The van der Waals surface area contributed by atoms with Crippen molar-refractivity contribution >= 4 is 10.9 Å². The highest BCUT2D eigenvalue weighted by Gasteiger charge is 2.21. The Kier molecular flexibility index (Phi) is 5.47. The molecule has 0 amide bonds. The molecule has 2 heterocycles. The fourth-order valence-electron chi connectivity index (χ4n) is 4.38. The van der Waals surface area contributed by atoms with Gasteiger partial charge in [0, 0.05) is 17.0 Å². The van der Waals surface area contributed by atoms with Gasteiger partial charge in [0.25, 0.3) is 0 Å². The van der Waals surface area contributed by atoms with Gasteiger partial charge in [-0.25, -0.2) is 4.98 Å². The van der Waals surface area contributed by atoms with Crippen molar-refractivity contribution < 1.29 is 5.11 Å². The number of aliphatic hydroxyl groups excluding tert-OH is 1. The molecular formula is C25H30N2O. The Morgan fingerprint density at radius 2 is 1.82 bits per heavy atom. The quantitative estimate of drug-likeness (QED) is 0.643. The van der Waals surface area contributed by atoms with E-state index in [1.54, 1.807) is 0 Å². The van der Waals surface area contributed by atoms with Gasteiger partial charge in [-0.15, -0.1) is 0 Å². The van der Waals surface area contributed by atoms with Gasteiger partial charge >= 0.3 is 0 Å². The maximum absolute atomic E-state index is 11.2. The Balaban J connectivity index is 1.80. The second-order valence-corrected chi connectivity index (χ2v) is 8.34. The molecule has 1 aliphatic rings. The zero-order valence-electron chi connectivity index (χ0n) is 17.1. The minimum atomic E-state index is -0.494. The number of rotatable bonds is 4. The Bertz CT molecular complexity index is 972. The van der Waals surface area contributed by atoms with Gasteiger partial charge in [0.2, 0.25) is 0 Å². The highest BCUT2D eigenvalue weighted by Crippen LogP contribution is 2.33. The van der Waals surface area contributed by atoms with Gasteiger partial charge in [0.15, 0.2) is 0 Å². The first-order valence-corrected chi connectivity index (χ1v) is 10.4. The first-order chi connectivity index (χ1) is 13.5. The summed E-state index contributed by atoms with van der Waals surface area (Å²) in [5.74, 6) is 0. The maximum Gasteiger partial charge on any atom is 0.0812 e. The van der Waals surface area contributed by atoms with Crippen LogP contribution in [0.4, 0.5) is 0 Å². The zero-order valence-corrected chi connectivity index (χ0v) is 17.1. The number of nitrogens with zero attached hydrogens (tertiary/aromatic N) is 1. The molecular weight excluding hydrogens is 344 g/mol. The number of pyridine rings is 1. The fraction of sp³-hybridized carbons (Fsp3) is 0.400. The van der Waals surface area contributed by atoms with E-state index in [9.17, 15) is 5.11 Å². The number of fused-ring (bicyclic) bond motifs is 1. The van der Waals surface area contributed by atoms with Gasteiger partial charge in [0.1, 0.15) is 0 Å². The summed E-state index contributed by atoms with van der Waals surface area (Å²) in [6.07, 6.45) is 3.88. The average molecular weight is 375 g/mol. The number of piperidine rings is 1. The topological polar surface area (TPSA) is 45.1 Å². The molecule has 4 rings (SSSR count). The van der Waals surface area contributed by atoms with Gasteiger partial charge in [-0.05, 0) is 69.8 Å². The summed E-state index contributed by atoms with van der Waals surface area (Å²) >= 11 is 0. The van der Waals surface area contributed by atoms with Gasteiger partial charge < -0.3 is 10.4 Å². The predicted molar refractivity (Wildman–Crippen MR) is 117 cm³/mol. The summed E-state index contributed by atoms with van der Waals surface area (Å²) in [6.45, 7) is 7.37. The van der Waals surface area contributed by atoms with Crippen LogP contribution in [0.25, 0.3) is 22.2 Å². The SMILES string of the molecule is Cc1ccc(-c2cc(C(O)CC3CCCCN3)c3cc(C)cc(C)c3n2)cc1. The molecule has 1 aliphatic heterocycles. The first-order valence-electron chi connectivity index (χ1n) is 10.4. The largest absolute Gasteiger partial charge is 0.388 e. The smallest absolute Gasteiger partial charge is 0.0812 e. The number of aryl methyl sites for hydroxylation is 3. The fourth-order valence-corrected chi connectivity index (χ4v) is 4.38. The van der Waals surface area contributed by atoms with Gasteiger partial charge in [-0.3, -0.25) is 0 Å². The monoisotopic (exact) mass is 374 g/mol. The van der Waals surface area contributed by atoms with Crippen LogP contribution in [0.1, 0.15) is 54.0 Å². The van der Waals surface area contributed by atoms with Crippen molar-refractivity contribution in [3.8, 4) is 11.3 Å². The molecule has 2 atom stereocenters. The molecule has 3 nitrogen and oxygen atoms in total. The van der Waals surface area contributed by atoms with Crippen molar-refractivity contribution in [3.05, 3.63) is 64.7 Å². The van der Waals surface area contributed by atoms with E-state index >= 15 is 0 Å². The van der Waals surface area contributed by atoms with Gasteiger partial charge in [-0.2, -0.15) is 0 Å². The van der Waals surface area contributed by atoms with E-state index in [1.165, 1.54) is 24.0 Å². The number of hydrogen-bond donors (Lipinski definition) is 2. The van der Waals surface area contributed by atoms with E-state index in [2.05, 4.69) is 68.6 Å². The summed E-state index contributed by atoms with van der Waals surface area (Å²) in [7, 11) is 0. The molecule has 3 heteroatoms. The molecule has 28 heavy (non-hydrogen) atoms. The molecule has 2 N–H and O–H groups in total. The lowest BCUT2D eigenvalue weighted by molar-refractivity contribution is 0.146. The van der Waals surface area contributed by atoms with Gasteiger partial charge in [-0.1, -0.05) is 47.9 Å². The molecule has 0 spiro atoms. The third kappa shape index (κ3) is 3.96. The van der Waals surface area contributed by atoms with Crippen LogP contribution in [0.3, 0.4) is 0 Å². The lowest BCUT2D eigenvalue weighted by Crippen LogP contribution is -2.35. The summed E-state index contributed by atoms with van der Waals surface area (Å²) in [5, 5.41) is 15.8. The molecule has 0 aliphatic carbocycles. The number of benzene rings is 2. The van der Waals surface area contributed by atoms with Crippen molar-refractivity contribution in [1.82, 2.24) is 10.3 Å². The summed E-state index contributed by atoms with van der Waals surface area (Å²) < 4.78 is 0. The van der Waals surface area contributed by atoms with E-state index < -0.39 is 6.10 Å². The van der Waals surface area contributed by atoms with Crippen molar-refractivity contribution in [2.75, 3.05) is 6.54 Å². The maximum atomic E-state index is 11.2. The standard InChI is InChI=1S/C25H30N2O/c1-16-7-9-19(10-8-16)23-15-21(24(28)14-20-6-4-5-11-26-20)22-13-17(2)12-18(3)25(22)27-23/h7-10,12-13,15,20,24,26,28H,4-6,11,14H2,1-3H3. The molecule has 1 saturated heterocycles. The lowest BCUT2D eigenvalue weighted by atomic mass is 9.92. The van der Waals surface area contributed by atoms with E-state index in [1.807, 2.05) is 0 Å². The lowest BCUT2D eigenvalue weighted by Gasteiger charge is -2.26. The molecule has 2 unspecified atom stereocenters. The van der Waals surface area contributed by atoms with E-state index in [0.717, 1.165) is 52.7 Å². The molecule has 1 aromatic heterocycles. The van der Waals surface area contributed by atoms with Crippen molar-refractivity contribution in [2.24, 2.45) is 0 Å². The van der Waals surface area contributed by atoms with Crippen LogP contribution in [0.2, 0.25) is 0 Å². The number of aliphatic hydroxyl groups is 1. The molecule has 0 bridgehead atoms. The van der Waals surface area contributed by atoms with Crippen LogP contribution in [0.5, 0.6) is 0 Å². The van der Waals surface area contributed by atoms with Crippen LogP contribution in [0, 0.1) is 20.8 Å². The van der Waals surface area contributed by atoms with Crippen LogP contribution >= 0.6 is 0 Å². The predicted octanol–water partition coefficient (Wildman–Crippen LogP) is 5.39. The van der Waals surface area contributed by atoms with E-state index in [4.69, 9.17) is 4.98 Å². The Hall–Kier alpha value is -2.23. The molecule has 3 aromatic rings. The van der Waals surface area contributed by atoms with Crippen LogP contribution in [-0.2, 0) is 0 Å². The van der Waals surface area contributed by atoms with E-state index in [0.29, 0.717) is 6.04 Å². The summed E-state index contributed by atoms with van der Waals surface area (Å²) in [6, 6.07) is 15.3. The van der Waals surface area contributed by atoms with E-state index in [-0.39, 0.29) is 0 Å². The molecule has 1 fully saturated rings. The third-order valence-electron chi connectivity index (χ3n) is 5.91. The van der Waals surface area contributed by atoms with Crippen molar-refractivity contribution in [3.63, 3.8) is 0 Å². The molecule has 0 radical (unpaired) electrons. The van der Waals surface area contributed by atoms with Crippen molar-refractivity contribution in [1.29, 1.82) is 0 Å². The molecule has 0 saturated carbocycles. The first kappa shape index (κ1) is 19.1. The summed E-state index contributed by atoms with van der Waals surface area (Å²) in [5.41, 5.74) is 7.63. The summed E-state index contributed by atoms with van der Waals surface area (Å²) in [4.78, 5) is 4.98. The highest BCUT2D eigenvalue weighted by atomic mass is 16.3. The Morgan fingerprint density at radius 3 is 2.54 bits per heavy atom. The number of nitrogens with one attached hydrogen (secondary N) is 1. The molecule has 146 valence electrons. The minimum absolute atomic E-state index is 0.390. The number of aromatic nitrogens is 1. The zero-order chi connectivity index (χ0) is 19.7. The number of hydrogen-bond acceptors (Lipinski definition) is 3. The second-order valence-electron chi connectivity index (χ2n) is 8.34. The average Bonchev–Trinajstić information content (AvgIpc) is 2.68. The molecule has 2 aromatic carbocycles. The Morgan fingerprint density at radius 1 is 1.04 bits per heavy atom. The third-order valence-corrected chi connectivity index (χ3v) is 5.91. The second kappa shape index (κ2) is 8.02. The minimum Gasteiger partial charge on any atom is -0.388 e. The highest BCUT2D eigenvalue weighted by molar-refractivity contribution is 5.88. The van der Waals surface area contributed by atoms with Crippen molar-refractivity contribution in [2.45, 2.75) is 58.6 Å². The van der Waals surface area contributed by atoms with Crippen LogP contribution in [0.15, 0.2) is 42.5 Å². The van der Waals surface area contributed by atoms with Gasteiger partial charge in [0.05, 0.1) is 17.3 Å².